The highest BCUT2D eigenvalue weighted by atomic mass is 35.5. The zero-order valence-corrected chi connectivity index (χ0v) is 11.4. The van der Waals surface area contributed by atoms with Crippen LogP contribution in [0.4, 0.5) is 0 Å². The van der Waals surface area contributed by atoms with Gasteiger partial charge >= 0.3 is 0 Å². The van der Waals surface area contributed by atoms with Crippen LogP contribution in [0.5, 0.6) is 5.75 Å². The van der Waals surface area contributed by atoms with E-state index < -0.39 is 6.10 Å². The number of phenolic OH excluding ortho intramolecular Hbond substituents is 1. The third-order valence-electron chi connectivity index (χ3n) is 2.89. The van der Waals surface area contributed by atoms with Gasteiger partial charge in [-0.3, -0.25) is 0 Å². The van der Waals surface area contributed by atoms with Crippen molar-refractivity contribution in [1.29, 1.82) is 0 Å². The lowest BCUT2D eigenvalue weighted by molar-refractivity contribution is -0.694. The molecule has 0 spiro atoms. The van der Waals surface area contributed by atoms with Crippen molar-refractivity contribution >= 4 is 0 Å². The smallest absolute Gasteiger partial charge is 0.130 e. The maximum atomic E-state index is 10.1. The third kappa shape index (κ3) is 4.54. The number of aryl methyl sites for hydroxylation is 1. The van der Waals surface area contributed by atoms with Crippen LogP contribution in [0.2, 0.25) is 0 Å². The van der Waals surface area contributed by atoms with Crippen LogP contribution in [-0.4, -0.2) is 22.8 Å². The van der Waals surface area contributed by atoms with Gasteiger partial charge in [-0.25, -0.2) is 0 Å². The number of nitrogens with two attached hydrogens (primary N) is 1. The summed E-state index contributed by atoms with van der Waals surface area (Å²) in [4.78, 5) is 0. The monoisotopic (exact) mass is 259 g/mol. The van der Waals surface area contributed by atoms with Crippen LogP contribution >= 0.6 is 0 Å². The summed E-state index contributed by atoms with van der Waals surface area (Å²) >= 11 is 0. The van der Waals surface area contributed by atoms with Crippen LogP contribution in [0.1, 0.15) is 37.5 Å². The quantitative estimate of drug-likeness (QED) is 0.579. The normalized spacial score (nSPS) is 13.9. The largest absolute Gasteiger partial charge is 1.00 e. The fourth-order valence-electron chi connectivity index (χ4n) is 1.72. The maximum Gasteiger partial charge on any atom is 0.130 e. The molecule has 0 aromatic heterocycles. The summed E-state index contributed by atoms with van der Waals surface area (Å²) in [6.07, 6.45) is 0.622. The number of aliphatic hydroxyl groups excluding tert-OH is 1. The molecule has 1 aromatic rings. The first kappa shape index (κ1) is 16.2. The lowest BCUT2D eigenvalue weighted by Gasteiger charge is -2.18. The van der Waals surface area contributed by atoms with Crippen molar-refractivity contribution < 1.29 is 27.9 Å². The van der Waals surface area contributed by atoms with Crippen molar-refractivity contribution in [3.05, 3.63) is 29.3 Å². The van der Waals surface area contributed by atoms with Crippen LogP contribution < -0.4 is 17.7 Å². The highest BCUT2D eigenvalue weighted by Gasteiger charge is 2.19. The molecule has 0 aliphatic rings. The molecule has 98 valence electrons. The number of aliphatic hydroxyl groups is 1. The van der Waals surface area contributed by atoms with Gasteiger partial charge in [0.15, 0.2) is 0 Å². The van der Waals surface area contributed by atoms with Crippen molar-refractivity contribution in [2.45, 2.75) is 39.3 Å². The lowest BCUT2D eigenvalue weighted by Crippen LogP contribution is -3.00. The van der Waals surface area contributed by atoms with Gasteiger partial charge < -0.3 is 27.9 Å². The van der Waals surface area contributed by atoms with E-state index in [4.69, 9.17) is 0 Å². The van der Waals surface area contributed by atoms with E-state index >= 15 is 0 Å². The molecule has 1 rings (SSSR count). The van der Waals surface area contributed by atoms with Crippen LogP contribution in [0.25, 0.3) is 0 Å². The molecule has 17 heavy (non-hydrogen) atoms. The predicted octanol–water partition coefficient (Wildman–Crippen LogP) is -1.90. The topological polar surface area (TPSA) is 57.1 Å². The van der Waals surface area contributed by atoms with E-state index in [-0.39, 0.29) is 24.2 Å². The molecule has 2 unspecified atom stereocenters. The second kappa shape index (κ2) is 7.54. The number of benzene rings is 1. The Morgan fingerprint density at radius 3 is 2.53 bits per heavy atom. The predicted molar refractivity (Wildman–Crippen MR) is 64.3 cm³/mol. The van der Waals surface area contributed by atoms with E-state index in [1.807, 2.05) is 19.9 Å². The number of halogens is 1. The summed E-state index contributed by atoms with van der Waals surface area (Å²) in [5.41, 5.74) is 1.68. The minimum atomic E-state index is -0.481. The Balaban J connectivity index is 0.00000256. The summed E-state index contributed by atoms with van der Waals surface area (Å²) in [7, 11) is 0. The molecule has 4 heteroatoms. The van der Waals surface area contributed by atoms with E-state index in [0.717, 1.165) is 24.1 Å². The number of rotatable bonds is 5. The van der Waals surface area contributed by atoms with Gasteiger partial charge in [0.2, 0.25) is 0 Å². The standard InChI is InChI=1S/C13H21NO2.ClH/c1-4-7-14-10(3)13(16)11-5-6-12(15)9(2)8-11;/h5-6,8,10,13-16H,4,7H2,1-3H3;1H. The van der Waals surface area contributed by atoms with Gasteiger partial charge in [-0.2, -0.15) is 0 Å². The van der Waals surface area contributed by atoms with Crippen LogP contribution in [0, 0.1) is 6.92 Å². The van der Waals surface area contributed by atoms with Crippen LogP contribution in [-0.2, 0) is 0 Å². The van der Waals surface area contributed by atoms with Gasteiger partial charge in [0.05, 0.1) is 6.54 Å². The Kier molecular flexibility index (Phi) is 7.19. The Labute approximate surface area is 109 Å². The minimum absolute atomic E-state index is 0. The van der Waals surface area contributed by atoms with Gasteiger partial charge in [-0.15, -0.1) is 0 Å². The fourth-order valence-corrected chi connectivity index (χ4v) is 1.72. The Morgan fingerprint density at radius 2 is 2.00 bits per heavy atom. The van der Waals surface area contributed by atoms with E-state index in [1.165, 1.54) is 0 Å². The average Bonchev–Trinajstić information content (AvgIpc) is 2.28. The second-order valence-electron chi connectivity index (χ2n) is 4.37. The van der Waals surface area contributed by atoms with Gasteiger partial charge in [0.1, 0.15) is 17.9 Å². The Hall–Kier alpha value is -0.770. The first-order chi connectivity index (χ1) is 7.56. The van der Waals surface area contributed by atoms with Crippen molar-refractivity contribution in [3.63, 3.8) is 0 Å². The van der Waals surface area contributed by atoms with E-state index in [9.17, 15) is 10.2 Å². The Bertz CT molecular complexity index is 344. The molecule has 1 aromatic carbocycles. The fraction of sp³-hybridized carbons (Fsp3) is 0.538. The molecule has 0 aliphatic heterocycles. The lowest BCUT2D eigenvalue weighted by atomic mass is 10.0. The van der Waals surface area contributed by atoms with Crippen molar-refractivity contribution in [1.82, 2.24) is 0 Å². The van der Waals surface area contributed by atoms with Crippen molar-refractivity contribution in [2.24, 2.45) is 0 Å². The molecule has 0 aliphatic carbocycles. The van der Waals surface area contributed by atoms with Gasteiger partial charge in [-0.05, 0) is 43.5 Å². The number of phenols is 1. The molecule has 4 N–H and O–H groups in total. The zero-order valence-electron chi connectivity index (χ0n) is 10.7. The first-order valence-electron chi connectivity index (χ1n) is 5.87. The molecular formula is C13H22ClNO2. The molecular weight excluding hydrogens is 238 g/mol. The highest BCUT2D eigenvalue weighted by Crippen LogP contribution is 2.22. The summed E-state index contributed by atoms with van der Waals surface area (Å²) in [6, 6.07) is 5.41. The molecule has 3 nitrogen and oxygen atoms in total. The minimum Gasteiger partial charge on any atom is -1.00 e. The number of quaternary nitrogens is 1. The zero-order chi connectivity index (χ0) is 12.1. The number of hydrogen-bond donors (Lipinski definition) is 3. The van der Waals surface area contributed by atoms with Crippen molar-refractivity contribution in [3.8, 4) is 5.75 Å². The Morgan fingerprint density at radius 1 is 1.35 bits per heavy atom. The number of aromatic hydroxyl groups is 1. The molecule has 0 heterocycles. The third-order valence-corrected chi connectivity index (χ3v) is 2.89. The molecule has 0 bridgehead atoms. The van der Waals surface area contributed by atoms with E-state index in [1.54, 1.807) is 12.1 Å². The van der Waals surface area contributed by atoms with Crippen LogP contribution in [0.15, 0.2) is 18.2 Å². The molecule has 0 radical (unpaired) electrons. The van der Waals surface area contributed by atoms with Gasteiger partial charge in [-0.1, -0.05) is 13.0 Å². The van der Waals surface area contributed by atoms with E-state index in [2.05, 4.69) is 12.2 Å². The molecule has 0 amide bonds. The highest BCUT2D eigenvalue weighted by molar-refractivity contribution is 5.36. The molecule has 0 saturated carbocycles. The summed E-state index contributed by atoms with van der Waals surface area (Å²) in [5, 5.41) is 21.7. The second-order valence-corrected chi connectivity index (χ2v) is 4.37. The summed E-state index contributed by atoms with van der Waals surface area (Å²) < 4.78 is 0. The van der Waals surface area contributed by atoms with Crippen molar-refractivity contribution in [2.75, 3.05) is 6.54 Å². The summed E-state index contributed by atoms with van der Waals surface area (Å²) in [6.45, 7) is 7.00. The summed E-state index contributed by atoms with van der Waals surface area (Å²) in [5.74, 6) is 0.279. The SMILES string of the molecule is CCC[NH2+]C(C)C(O)c1ccc(O)c(C)c1.[Cl-]. The number of hydrogen-bond acceptors (Lipinski definition) is 2. The average molecular weight is 260 g/mol. The molecule has 0 saturated heterocycles. The van der Waals surface area contributed by atoms with E-state index in [0.29, 0.717) is 0 Å². The molecule has 2 atom stereocenters. The first-order valence-corrected chi connectivity index (χ1v) is 5.87. The van der Waals surface area contributed by atoms with Gasteiger partial charge in [0, 0.05) is 0 Å². The molecule has 0 fully saturated rings. The maximum absolute atomic E-state index is 10.1. The van der Waals surface area contributed by atoms with Gasteiger partial charge in [0.25, 0.3) is 0 Å². The van der Waals surface area contributed by atoms with Crippen LogP contribution in [0.3, 0.4) is 0 Å².